The lowest BCUT2D eigenvalue weighted by Crippen LogP contribution is -2.17. The zero-order valence-corrected chi connectivity index (χ0v) is 15.7. The van der Waals surface area contributed by atoms with Crippen molar-refractivity contribution in [2.45, 2.75) is 26.8 Å². The lowest BCUT2D eigenvalue weighted by Gasteiger charge is -2.03. The largest absolute Gasteiger partial charge is 0.494 e. The summed E-state index contributed by atoms with van der Waals surface area (Å²) in [6.45, 7) is 4.94. The molecule has 0 bridgehead atoms. The number of thiazole rings is 1. The van der Waals surface area contributed by atoms with Gasteiger partial charge in [-0.1, -0.05) is 47.1 Å². The Morgan fingerprint density at radius 2 is 2.04 bits per heavy atom. The maximum absolute atomic E-state index is 12.4. The number of rotatable bonds is 5. The van der Waals surface area contributed by atoms with Gasteiger partial charge in [0.15, 0.2) is 4.80 Å². The van der Waals surface area contributed by atoms with Crippen LogP contribution in [0.1, 0.15) is 18.1 Å². The number of nitrogens with zero attached hydrogens (tertiary/aromatic N) is 2. The van der Waals surface area contributed by atoms with E-state index in [1.165, 1.54) is 16.9 Å². The first-order chi connectivity index (χ1) is 12.6. The second-order valence-corrected chi connectivity index (χ2v) is 6.91. The van der Waals surface area contributed by atoms with Gasteiger partial charge in [-0.25, -0.2) is 0 Å². The molecule has 0 N–H and O–H groups in total. The molecule has 2 aromatic carbocycles. The third kappa shape index (κ3) is 4.04. The van der Waals surface area contributed by atoms with Gasteiger partial charge in [-0.2, -0.15) is 4.99 Å². The van der Waals surface area contributed by atoms with Gasteiger partial charge in [-0.05, 0) is 37.6 Å². The van der Waals surface area contributed by atoms with Crippen molar-refractivity contribution in [3.8, 4) is 18.1 Å². The molecule has 0 radical (unpaired) electrons. The third-order valence-electron chi connectivity index (χ3n) is 3.91. The molecule has 3 aromatic rings. The van der Waals surface area contributed by atoms with Crippen molar-refractivity contribution in [2.75, 3.05) is 6.61 Å². The number of amides is 1. The highest BCUT2D eigenvalue weighted by Gasteiger charge is 2.09. The zero-order chi connectivity index (χ0) is 18.5. The van der Waals surface area contributed by atoms with Crippen LogP contribution in [-0.2, 0) is 17.8 Å². The maximum Gasteiger partial charge on any atom is 0.252 e. The average Bonchev–Trinajstić information content (AvgIpc) is 2.94. The molecule has 26 heavy (non-hydrogen) atoms. The fourth-order valence-electron chi connectivity index (χ4n) is 2.67. The minimum Gasteiger partial charge on any atom is -0.494 e. The first-order valence-electron chi connectivity index (χ1n) is 8.43. The number of fused-ring (bicyclic) bond motifs is 1. The van der Waals surface area contributed by atoms with Crippen molar-refractivity contribution < 1.29 is 9.53 Å². The van der Waals surface area contributed by atoms with E-state index in [-0.39, 0.29) is 12.3 Å². The summed E-state index contributed by atoms with van der Waals surface area (Å²) < 4.78 is 8.44. The minimum absolute atomic E-state index is 0.184. The fourth-order valence-corrected chi connectivity index (χ4v) is 3.74. The summed E-state index contributed by atoms with van der Waals surface area (Å²) >= 11 is 1.45. The number of carbonyl (C=O) groups is 1. The molecule has 5 heteroatoms. The van der Waals surface area contributed by atoms with Crippen LogP contribution in [0.2, 0.25) is 0 Å². The van der Waals surface area contributed by atoms with Crippen LogP contribution in [0.4, 0.5) is 0 Å². The highest BCUT2D eigenvalue weighted by molar-refractivity contribution is 7.16. The van der Waals surface area contributed by atoms with Gasteiger partial charge in [0, 0.05) is 0 Å². The summed E-state index contributed by atoms with van der Waals surface area (Å²) in [5.41, 5.74) is 3.07. The van der Waals surface area contributed by atoms with Gasteiger partial charge in [0.05, 0.1) is 29.8 Å². The van der Waals surface area contributed by atoms with Crippen molar-refractivity contribution in [1.29, 1.82) is 0 Å². The van der Waals surface area contributed by atoms with Gasteiger partial charge in [-0.15, -0.1) is 6.42 Å². The lowest BCUT2D eigenvalue weighted by atomic mass is 10.1. The summed E-state index contributed by atoms with van der Waals surface area (Å²) in [5, 5.41) is 0. The standard InChI is InChI=1S/C21H20N2O2S/c1-4-12-23-18-11-10-17(25-5-2)14-19(18)26-21(23)22-20(24)13-16-8-6-15(3)7-9-16/h1,6-11,14H,5,12-13H2,2-3H3. The SMILES string of the molecule is C#CCn1c(=NC(=O)Cc2ccc(C)cc2)sc2cc(OCC)ccc21. The van der Waals surface area contributed by atoms with Crippen LogP contribution < -0.4 is 9.54 Å². The number of carbonyl (C=O) groups excluding carboxylic acids is 1. The zero-order valence-electron chi connectivity index (χ0n) is 14.9. The highest BCUT2D eigenvalue weighted by atomic mass is 32.1. The Morgan fingerprint density at radius 1 is 1.27 bits per heavy atom. The molecular formula is C21H20N2O2S. The van der Waals surface area contributed by atoms with Gasteiger partial charge in [0.2, 0.25) is 0 Å². The monoisotopic (exact) mass is 364 g/mol. The molecule has 1 heterocycles. The van der Waals surface area contributed by atoms with Crippen molar-refractivity contribution in [1.82, 2.24) is 4.57 Å². The van der Waals surface area contributed by atoms with Crippen molar-refractivity contribution >= 4 is 27.5 Å². The summed E-state index contributed by atoms with van der Waals surface area (Å²) in [6, 6.07) is 13.7. The van der Waals surface area contributed by atoms with E-state index in [4.69, 9.17) is 11.2 Å². The highest BCUT2D eigenvalue weighted by Crippen LogP contribution is 2.23. The van der Waals surface area contributed by atoms with E-state index in [1.807, 2.05) is 60.9 Å². The first-order valence-corrected chi connectivity index (χ1v) is 9.25. The van der Waals surface area contributed by atoms with Crippen LogP contribution in [0, 0.1) is 19.3 Å². The Bertz CT molecular complexity index is 1040. The van der Waals surface area contributed by atoms with Gasteiger partial charge < -0.3 is 9.30 Å². The minimum atomic E-state index is -0.184. The molecule has 3 rings (SSSR count). The van der Waals surface area contributed by atoms with Crippen LogP contribution in [0.3, 0.4) is 0 Å². The van der Waals surface area contributed by atoms with E-state index >= 15 is 0 Å². The molecule has 0 fully saturated rings. The normalized spacial score (nSPS) is 11.5. The molecule has 0 aliphatic heterocycles. The Hall–Kier alpha value is -2.84. The van der Waals surface area contributed by atoms with Crippen LogP contribution in [0.25, 0.3) is 10.2 Å². The second-order valence-electron chi connectivity index (χ2n) is 5.91. The van der Waals surface area contributed by atoms with Gasteiger partial charge in [0.25, 0.3) is 5.91 Å². The van der Waals surface area contributed by atoms with Crippen molar-refractivity contribution in [3.63, 3.8) is 0 Å². The number of terminal acetylenes is 1. The molecule has 0 atom stereocenters. The van der Waals surface area contributed by atoms with Crippen molar-refractivity contribution in [2.24, 2.45) is 4.99 Å². The first kappa shape index (κ1) is 18.0. The van der Waals surface area contributed by atoms with Gasteiger partial charge in [0.1, 0.15) is 5.75 Å². The number of benzene rings is 2. The van der Waals surface area contributed by atoms with Gasteiger partial charge in [-0.3, -0.25) is 4.79 Å². The van der Waals surface area contributed by atoms with Crippen LogP contribution in [0.15, 0.2) is 47.5 Å². The van der Waals surface area contributed by atoms with E-state index in [9.17, 15) is 4.79 Å². The molecule has 0 unspecified atom stereocenters. The van der Waals surface area contributed by atoms with E-state index < -0.39 is 0 Å². The van der Waals surface area contributed by atoms with Crippen molar-refractivity contribution in [3.05, 3.63) is 58.4 Å². The van der Waals surface area contributed by atoms with Crippen LogP contribution >= 0.6 is 11.3 Å². The molecule has 0 saturated heterocycles. The van der Waals surface area contributed by atoms with Crippen LogP contribution in [-0.4, -0.2) is 17.1 Å². The lowest BCUT2D eigenvalue weighted by molar-refractivity contribution is -0.117. The average molecular weight is 364 g/mol. The van der Waals surface area contributed by atoms with Crippen LogP contribution in [0.5, 0.6) is 5.75 Å². The smallest absolute Gasteiger partial charge is 0.252 e. The molecular weight excluding hydrogens is 344 g/mol. The predicted molar refractivity (Wildman–Crippen MR) is 105 cm³/mol. The number of aromatic nitrogens is 1. The summed E-state index contributed by atoms with van der Waals surface area (Å²) in [6.07, 6.45) is 5.78. The Balaban J connectivity index is 1.97. The quantitative estimate of drug-likeness (QED) is 0.648. The number of hydrogen-bond donors (Lipinski definition) is 0. The van der Waals surface area contributed by atoms with Gasteiger partial charge >= 0.3 is 0 Å². The molecule has 4 nitrogen and oxygen atoms in total. The number of ether oxygens (including phenoxy) is 1. The molecule has 0 spiro atoms. The van der Waals surface area contributed by atoms with E-state index in [0.717, 1.165) is 21.5 Å². The molecule has 132 valence electrons. The fraction of sp³-hybridized carbons (Fsp3) is 0.238. The number of aryl methyl sites for hydroxylation is 1. The molecule has 0 aliphatic rings. The summed E-state index contributed by atoms with van der Waals surface area (Å²) in [7, 11) is 0. The van der Waals surface area contributed by atoms with E-state index in [2.05, 4.69) is 10.9 Å². The molecule has 1 aromatic heterocycles. The molecule has 1 amide bonds. The van der Waals surface area contributed by atoms with E-state index in [0.29, 0.717) is 18.0 Å². The summed E-state index contributed by atoms with van der Waals surface area (Å²) in [5.74, 6) is 3.25. The Kier molecular flexibility index (Phi) is 5.55. The Morgan fingerprint density at radius 3 is 2.73 bits per heavy atom. The number of hydrogen-bond acceptors (Lipinski definition) is 3. The topological polar surface area (TPSA) is 43.6 Å². The Labute approximate surface area is 156 Å². The molecule has 0 saturated carbocycles. The van der Waals surface area contributed by atoms with E-state index in [1.54, 1.807) is 0 Å². The predicted octanol–water partition coefficient (Wildman–Crippen LogP) is 3.71. The summed E-state index contributed by atoms with van der Waals surface area (Å²) in [4.78, 5) is 17.3. The maximum atomic E-state index is 12.4. The second kappa shape index (κ2) is 8.03. The third-order valence-corrected chi connectivity index (χ3v) is 4.95. The molecule has 0 aliphatic carbocycles.